The van der Waals surface area contributed by atoms with E-state index in [0.717, 1.165) is 17.7 Å². The van der Waals surface area contributed by atoms with Gasteiger partial charge in [-0.05, 0) is 47.3 Å². The molecule has 0 spiro atoms. The summed E-state index contributed by atoms with van der Waals surface area (Å²) in [5, 5.41) is 5.80. The van der Waals surface area contributed by atoms with Gasteiger partial charge in [-0.2, -0.15) is 0 Å². The van der Waals surface area contributed by atoms with Crippen molar-refractivity contribution in [1.82, 2.24) is 4.98 Å². The molecule has 3 rings (SSSR count). The molecular weight excluding hydrogens is 279 g/mol. The highest BCUT2D eigenvalue weighted by Crippen LogP contribution is 2.23. The first kappa shape index (κ1) is 12.4. The van der Waals surface area contributed by atoms with Crippen LogP contribution >= 0.6 is 23.2 Å². The predicted molar refractivity (Wildman–Crippen MR) is 82.1 cm³/mol. The molecule has 1 aromatic heterocycles. The van der Waals surface area contributed by atoms with Gasteiger partial charge in [0, 0.05) is 34.0 Å². The molecule has 96 valence electrons. The van der Waals surface area contributed by atoms with Crippen LogP contribution < -0.4 is 5.32 Å². The molecule has 0 fully saturated rings. The number of hydrogen-bond acceptors (Lipinski definition) is 1. The largest absolute Gasteiger partial charge is 0.381 e. The van der Waals surface area contributed by atoms with Gasteiger partial charge >= 0.3 is 0 Å². The Morgan fingerprint density at radius 2 is 1.74 bits per heavy atom. The molecule has 0 aliphatic carbocycles. The van der Waals surface area contributed by atoms with Crippen molar-refractivity contribution in [3.8, 4) is 0 Å². The molecule has 0 unspecified atom stereocenters. The van der Waals surface area contributed by atoms with Crippen LogP contribution in [-0.2, 0) is 6.54 Å². The first-order valence-electron chi connectivity index (χ1n) is 5.97. The highest BCUT2D eigenvalue weighted by molar-refractivity contribution is 6.35. The molecule has 0 radical (unpaired) electrons. The van der Waals surface area contributed by atoms with Crippen LogP contribution in [-0.4, -0.2) is 4.98 Å². The van der Waals surface area contributed by atoms with Crippen LogP contribution in [0.1, 0.15) is 5.56 Å². The van der Waals surface area contributed by atoms with Gasteiger partial charge < -0.3 is 10.3 Å². The molecule has 0 saturated carbocycles. The number of aromatic amines is 1. The lowest BCUT2D eigenvalue weighted by molar-refractivity contribution is 1.15. The maximum atomic E-state index is 5.97. The van der Waals surface area contributed by atoms with Crippen molar-refractivity contribution in [2.75, 3.05) is 5.32 Å². The van der Waals surface area contributed by atoms with Gasteiger partial charge in [-0.3, -0.25) is 0 Å². The van der Waals surface area contributed by atoms with Crippen LogP contribution in [0.5, 0.6) is 0 Å². The molecule has 0 atom stereocenters. The Kier molecular flexibility index (Phi) is 3.36. The van der Waals surface area contributed by atoms with Crippen LogP contribution in [0.3, 0.4) is 0 Å². The van der Waals surface area contributed by atoms with Crippen molar-refractivity contribution in [3.05, 3.63) is 64.3 Å². The molecule has 1 heterocycles. The van der Waals surface area contributed by atoms with E-state index in [0.29, 0.717) is 10.0 Å². The average Bonchev–Trinajstić information content (AvgIpc) is 2.82. The quantitative estimate of drug-likeness (QED) is 0.691. The summed E-state index contributed by atoms with van der Waals surface area (Å²) >= 11 is 11.9. The maximum Gasteiger partial charge on any atom is 0.0454 e. The second-order valence-electron chi connectivity index (χ2n) is 4.41. The van der Waals surface area contributed by atoms with E-state index in [2.05, 4.69) is 34.6 Å². The SMILES string of the molecule is Clc1cc(Cl)cc(NCc2ccc3[nH]ccc3c2)c1. The standard InChI is InChI=1S/C15H12Cl2N2/c16-12-6-13(17)8-14(7-12)19-9-10-1-2-15-11(5-10)3-4-18-15/h1-8,18-19H,9H2. The fourth-order valence-electron chi connectivity index (χ4n) is 2.07. The van der Waals surface area contributed by atoms with Crippen molar-refractivity contribution >= 4 is 39.8 Å². The molecule has 2 nitrogen and oxygen atoms in total. The third-order valence-electron chi connectivity index (χ3n) is 2.98. The molecule has 2 N–H and O–H groups in total. The minimum absolute atomic E-state index is 0.635. The van der Waals surface area contributed by atoms with Crippen molar-refractivity contribution in [1.29, 1.82) is 0 Å². The smallest absolute Gasteiger partial charge is 0.0454 e. The molecule has 0 bridgehead atoms. The Morgan fingerprint density at radius 3 is 2.53 bits per heavy atom. The molecule has 3 aromatic rings. The normalized spacial score (nSPS) is 10.8. The van der Waals surface area contributed by atoms with E-state index in [4.69, 9.17) is 23.2 Å². The highest BCUT2D eigenvalue weighted by atomic mass is 35.5. The summed E-state index contributed by atoms with van der Waals surface area (Å²) in [6.45, 7) is 0.734. The molecular formula is C15H12Cl2N2. The number of halogens is 2. The minimum Gasteiger partial charge on any atom is -0.381 e. The summed E-state index contributed by atoms with van der Waals surface area (Å²) in [5.41, 5.74) is 3.28. The Balaban J connectivity index is 1.77. The first-order chi connectivity index (χ1) is 9.20. The number of anilines is 1. The first-order valence-corrected chi connectivity index (χ1v) is 6.72. The fourth-order valence-corrected chi connectivity index (χ4v) is 2.60. The number of hydrogen-bond donors (Lipinski definition) is 2. The second-order valence-corrected chi connectivity index (χ2v) is 5.28. The summed E-state index contributed by atoms with van der Waals surface area (Å²) in [6.07, 6.45) is 1.94. The van der Waals surface area contributed by atoms with Crippen LogP contribution in [0.15, 0.2) is 48.7 Å². The number of H-pyrrole nitrogens is 1. The summed E-state index contributed by atoms with van der Waals surface area (Å²) in [6, 6.07) is 13.8. The van der Waals surface area contributed by atoms with Crippen molar-refractivity contribution in [2.24, 2.45) is 0 Å². The lowest BCUT2D eigenvalue weighted by Crippen LogP contribution is -1.99. The van der Waals surface area contributed by atoms with Gasteiger partial charge in [0.05, 0.1) is 0 Å². The molecule has 4 heteroatoms. The maximum absolute atomic E-state index is 5.97. The average molecular weight is 291 g/mol. The van der Waals surface area contributed by atoms with Gasteiger partial charge in [-0.15, -0.1) is 0 Å². The Morgan fingerprint density at radius 1 is 0.947 bits per heavy atom. The second kappa shape index (κ2) is 5.16. The van der Waals surface area contributed by atoms with E-state index in [1.807, 2.05) is 18.3 Å². The monoisotopic (exact) mass is 290 g/mol. The van der Waals surface area contributed by atoms with Crippen LogP contribution in [0.2, 0.25) is 10.0 Å². The van der Waals surface area contributed by atoms with E-state index in [1.54, 1.807) is 6.07 Å². The minimum atomic E-state index is 0.635. The Labute approximate surface area is 121 Å². The predicted octanol–water partition coefficient (Wildman–Crippen LogP) is 5.09. The number of benzene rings is 2. The fraction of sp³-hybridized carbons (Fsp3) is 0.0667. The zero-order valence-corrected chi connectivity index (χ0v) is 11.6. The lowest BCUT2D eigenvalue weighted by atomic mass is 10.1. The molecule has 0 aliphatic heterocycles. The molecule has 0 aliphatic rings. The van der Waals surface area contributed by atoms with Gasteiger partial charge in [-0.1, -0.05) is 29.3 Å². The third-order valence-corrected chi connectivity index (χ3v) is 3.41. The van der Waals surface area contributed by atoms with Crippen molar-refractivity contribution in [2.45, 2.75) is 6.54 Å². The van der Waals surface area contributed by atoms with Gasteiger partial charge in [-0.25, -0.2) is 0 Å². The van der Waals surface area contributed by atoms with Crippen molar-refractivity contribution in [3.63, 3.8) is 0 Å². The zero-order valence-electron chi connectivity index (χ0n) is 10.1. The highest BCUT2D eigenvalue weighted by Gasteiger charge is 2.00. The number of nitrogens with one attached hydrogen (secondary N) is 2. The summed E-state index contributed by atoms with van der Waals surface area (Å²) in [7, 11) is 0. The van der Waals surface area contributed by atoms with E-state index in [-0.39, 0.29) is 0 Å². The lowest BCUT2D eigenvalue weighted by Gasteiger charge is -2.08. The van der Waals surface area contributed by atoms with Crippen LogP contribution in [0.25, 0.3) is 10.9 Å². The third kappa shape index (κ3) is 2.86. The topological polar surface area (TPSA) is 27.8 Å². The van der Waals surface area contributed by atoms with E-state index in [1.165, 1.54) is 10.9 Å². The molecule has 0 saturated heterocycles. The zero-order chi connectivity index (χ0) is 13.2. The Hall–Kier alpha value is -1.64. The number of rotatable bonds is 3. The summed E-state index contributed by atoms with van der Waals surface area (Å²) in [4.78, 5) is 3.18. The van der Waals surface area contributed by atoms with Gasteiger partial charge in [0.25, 0.3) is 0 Å². The van der Waals surface area contributed by atoms with Crippen LogP contribution in [0, 0.1) is 0 Å². The molecule has 2 aromatic carbocycles. The summed E-state index contributed by atoms with van der Waals surface area (Å²) in [5.74, 6) is 0. The number of aromatic nitrogens is 1. The van der Waals surface area contributed by atoms with Gasteiger partial charge in [0.1, 0.15) is 0 Å². The molecule has 19 heavy (non-hydrogen) atoms. The van der Waals surface area contributed by atoms with E-state index < -0.39 is 0 Å². The Bertz CT molecular complexity index is 699. The van der Waals surface area contributed by atoms with Gasteiger partial charge in [0.15, 0.2) is 0 Å². The van der Waals surface area contributed by atoms with E-state index in [9.17, 15) is 0 Å². The number of fused-ring (bicyclic) bond motifs is 1. The van der Waals surface area contributed by atoms with E-state index >= 15 is 0 Å². The van der Waals surface area contributed by atoms with Crippen LogP contribution in [0.4, 0.5) is 5.69 Å². The molecule has 0 amide bonds. The summed E-state index contributed by atoms with van der Waals surface area (Å²) < 4.78 is 0. The van der Waals surface area contributed by atoms with Gasteiger partial charge in [0.2, 0.25) is 0 Å². The van der Waals surface area contributed by atoms with Crippen molar-refractivity contribution < 1.29 is 0 Å².